The predicted octanol–water partition coefficient (Wildman–Crippen LogP) is 4.01. The van der Waals surface area contributed by atoms with Crippen molar-refractivity contribution in [3.8, 4) is 0 Å². The van der Waals surface area contributed by atoms with Crippen LogP contribution in [0.5, 0.6) is 0 Å². The Hall–Kier alpha value is -1.32. The van der Waals surface area contributed by atoms with Crippen LogP contribution in [0.15, 0.2) is 24.5 Å². The zero-order valence-corrected chi connectivity index (χ0v) is 14.1. The molecule has 0 aliphatic rings. The van der Waals surface area contributed by atoms with Gasteiger partial charge in [-0.1, -0.05) is 12.1 Å². The summed E-state index contributed by atoms with van der Waals surface area (Å²) in [6.07, 6.45) is 3.88. The van der Waals surface area contributed by atoms with Crippen molar-refractivity contribution in [2.75, 3.05) is 0 Å². The van der Waals surface area contributed by atoms with E-state index in [-0.39, 0.29) is 19.8 Å². The summed E-state index contributed by atoms with van der Waals surface area (Å²) in [6, 6.07) is 4.34. The SMILES string of the molecule is Cc1cnc2c(ccc3c(C)c(C)cnc32)c1C.[Os]. The Bertz CT molecular complexity index is 712. The number of benzene rings is 1. The Balaban J connectivity index is 0.00000133. The van der Waals surface area contributed by atoms with E-state index in [1.807, 2.05) is 12.4 Å². The van der Waals surface area contributed by atoms with Crippen molar-refractivity contribution in [3.63, 3.8) is 0 Å². The average molecular weight is 427 g/mol. The minimum atomic E-state index is 0. The number of hydrogen-bond donors (Lipinski definition) is 0. The fraction of sp³-hybridized carbons (Fsp3) is 0.250. The van der Waals surface area contributed by atoms with Crippen LogP contribution in [0, 0.1) is 27.7 Å². The molecule has 1 aromatic carbocycles. The van der Waals surface area contributed by atoms with Gasteiger partial charge in [-0.25, -0.2) is 0 Å². The number of pyridine rings is 2. The number of hydrogen-bond acceptors (Lipinski definition) is 2. The summed E-state index contributed by atoms with van der Waals surface area (Å²) in [7, 11) is 0. The van der Waals surface area contributed by atoms with Gasteiger partial charge in [-0.05, 0) is 49.9 Å². The molecule has 0 radical (unpaired) electrons. The molecule has 0 saturated heterocycles. The number of aryl methyl sites for hydroxylation is 4. The fourth-order valence-electron chi connectivity index (χ4n) is 2.39. The molecule has 98 valence electrons. The maximum atomic E-state index is 4.58. The van der Waals surface area contributed by atoms with Crippen molar-refractivity contribution in [2.24, 2.45) is 0 Å². The Kier molecular flexibility index (Phi) is 3.70. The van der Waals surface area contributed by atoms with Gasteiger partial charge in [0.2, 0.25) is 0 Å². The van der Waals surface area contributed by atoms with Crippen LogP contribution in [0.2, 0.25) is 0 Å². The van der Waals surface area contributed by atoms with Gasteiger partial charge in [-0.2, -0.15) is 0 Å². The quantitative estimate of drug-likeness (QED) is 0.508. The van der Waals surface area contributed by atoms with E-state index in [1.54, 1.807) is 0 Å². The molecule has 2 aromatic heterocycles. The topological polar surface area (TPSA) is 25.8 Å². The van der Waals surface area contributed by atoms with Crippen LogP contribution in [0.1, 0.15) is 22.3 Å². The molecular formula is C16H16N2Os. The molecule has 0 spiro atoms. The summed E-state index contributed by atoms with van der Waals surface area (Å²) in [4.78, 5) is 9.16. The third-order valence-electron chi connectivity index (χ3n) is 3.92. The average Bonchev–Trinajstić information content (AvgIpc) is 2.38. The number of nitrogens with zero attached hydrogens (tertiary/aromatic N) is 2. The van der Waals surface area contributed by atoms with E-state index < -0.39 is 0 Å². The first-order valence-corrected chi connectivity index (χ1v) is 6.20. The first-order chi connectivity index (χ1) is 8.59. The monoisotopic (exact) mass is 428 g/mol. The molecule has 0 bridgehead atoms. The molecule has 0 fully saturated rings. The normalized spacial score (nSPS) is 10.7. The molecule has 19 heavy (non-hydrogen) atoms. The van der Waals surface area contributed by atoms with Gasteiger partial charge in [-0.3, -0.25) is 9.97 Å². The van der Waals surface area contributed by atoms with Crippen molar-refractivity contribution in [2.45, 2.75) is 27.7 Å². The Labute approximate surface area is 126 Å². The van der Waals surface area contributed by atoms with Crippen molar-refractivity contribution < 1.29 is 19.8 Å². The summed E-state index contributed by atoms with van der Waals surface area (Å²) in [6.45, 7) is 8.48. The molecule has 2 heterocycles. The third-order valence-corrected chi connectivity index (χ3v) is 3.92. The Morgan fingerprint density at radius 3 is 1.42 bits per heavy atom. The van der Waals surface area contributed by atoms with Crippen LogP contribution in [0.4, 0.5) is 0 Å². The first-order valence-electron chi connectivity index (χ1n) is 6.20. The summed E-state index contributed by atoms with van der Waals surface area (Å²) in [5.74, 6) is 0. The number of aromatic nitrogens is 2. The molecule has 0 amide bonds. The van der Waals surface area contributed by atoms with E-state index >= 15 is 0 Å². The minimum absolute atomic E-state index is 0. The summed E-state index contributed by atoms with van der Waals surface area (Å²) >= 11 is 0. The summed E-state index contributed by atoms with van der Waals surface area (Å²) in [5, 5.41) is 2.41. The summed E-state index contributed by atoms with van der Waals surface area (Å²) in [5.41, 5.74) is 7.07. The molecule has 0 saturated carbocycles. The van der Waals surface area contributed by atoms with E-state index in [0.29, 0.717) is 0 Å². The van der Waals surface area contributed by atoms with Crippen molar-refractivity contribution in [3.05, 3.63) is 46.8 Å². The van der Waals surface area contributed by atoms with Gasteiger partial charge in [-0.15, -0.1) is 0 Å². The minimum Gasteiger partial charge on any atom is -0.254 e. The Morgan fingerprint density at radius 2 is 1.05 bits per heavy atom. The zero-order valence-electron chi connectivity index (χ0n) is 11.6. The molecular weight excluding hydrogens is 410 g/mol. The van der Waals surface area contributed by atoms with Crippen LogP contribution < -0.4 is 0 Å². The zero-order chi connectivity index (χ0) is 12.9. The maximum absolute atomic E-state index is 4.58. The predicted molar refractivity (Wildman–Crippen MR) is 76.0 cm³/mol. The third kappa shape index (κ3) is 2.07. The van der Waals surface area contributed by atoms with Gasteiger partial charge in [0.1, 0.15) is 0 Å². The molecule has 0 unspecified atom stereocenters. The Morgan fingerprint density at radius 1 is 0.684 bits per heavy atom. The molecule has 3 heteroatoms. The van der Waals surface area contributed by atoms with E-state index in [0.717, 1.165) is 11.0 Å². The van der Waals surface area contributed by atoms with E-state index in [1.165, 1.54) is 33.0 Å². The van der Waals surface area contributed by atoms with Gasteiger partial charge in [0.25, 0.3) is 0 Å². The fourth-order valence-corrected chi connectivity index (χ4v) is 2.39. The van der Waals surface area contributed by atoms with E-state index in [4.69, 9.17) is 0 Å². The second kappa shape index (κ2) is 4.98. The number of rotatable bonds is 0. The van der Waals surface area contributed by atoms with Crippen LogP contribution in [0.3, 0.4) is 0 Å². The first kappa shape index (κ1) is 14.1. The van der Waals surface area contributed by atoms with Gasteiger partial charge < -0.3 is 0 Å². The standard InChI is InChI=1S/C16H16N2.Os/c1-9-7-17-15-13(11(9)3)5-6-14-12(4)10(2)8-18-16(14)15;/h5-8H,1-4H3;. The van der Waals surface area contributed by atoms with Crippen LogP contribution in [-0.2, 0) is 19.8 Å². The van der Waals surface area contributed by atoms with Gasteiger partial charge in [0.05, 0.1) is 11.0 Å². The number of fused-ring (bicyclic) bond motifs is 3. The smallest absolute Gasteiger partial charge is 0.0967 e. The van der Waals surface area contributed by atoms with Crippen LogP contribution in [0.25, 0.3) is 21.8 Å². The molecule has 0 atom stereocenters. The van der Waals surface area contributed by atoms with Crippen molar-refractivity contribution >= 4 is 21.8 Å². The second-order valence-electron chi connectivity index (χ2n) is 4.99. The molecule has 3 aromatic rings. The van der Waals surface area contributed by atoms with Crippen LogP contribution >= 0.6 is 0 Å². The maximum Gasteiger partial charge on any atom is 0.0967 e. The van der Waals surface area contributed by atoms with Crippen molar-refractivity contribution in [1.29, 1.82) is 0 Å². The van der Waals surface area contributed by atoms with Gasteiger partial charge in [0, 0.05) is 43.0 Å². The van der Waals surface area contributed by atoms with Crippen LogP contribution in [-0.4, -0.2) is 9.97 Å². The summed E-state index contributed by atoms with van der Waals surface area (Å²) < 4.78 is 0. The van der Waals surface area contributed by atoms with E-state index in [2.05, 4.69) is 49.8 Å². The van der Waals surface area contributed by atoms with E-state index in [9.17, 15) is 0 Å². The van der Waals surface area contributed by atoms with Gasteiger partial charge >= 0.3 is 0 Å². The largest absolute Gasteiger partial charge is 0.254 e. The molecule has 0 aliphatic heterocycles. The van der Waals surface area contributed by atoms with Crippen molar-refractivity contribution in [1.82, 2.24) is 9.97 Å². The van der Waals surface area contributed by atoms with Gasteiger partial charge in [0.15, 0.2) is 0 Å². The molecule has 0 aliphatic carbocycles. The molecule has 3 rings (SSSR count). The molecule has 0 N–H and O–H groups in total. The second-order valence-corrected chi connectivity index (χ2v) is 4.99. The molecule has 2 nitrogen and oxygen atoms in total.